The number of rotatable bonds is 7. The van der Waals surface area contributed by atoms with Crippen LogP contribution in [0.15, 0.2) is 0 Å². The first-order chi connectivity index (χ1) is 7.02. The highest BCUT2D eigenvalue weighted by Gasteiger charge is 2.18. The van der Waals surface area contributed by atoms with Crippen molar-refractivity contribution in [3.05, 3.63) is 0 Å². The fraction of sp³-hybridized carbons (Fsp3) is 0.909. The molecule has 16 heavy (non-hydrogen) atoms. The Morgan fingerprint density at radius 2 is 1.94 bits per heavy atom. The molecular weight excluding hydrogens is 228 g/mol. The molecule has 0 saturated heterocycles. The predicted octanol–water partition coefficient (Wildman–Crippen LogP) is 1.06. The largest absolute Gasteiger partial charge is 0.393 e. The first-order valence-corrected chi connectivity index (χ1v) is 5.74. The van der Waals surface area contributed by atoms with E-state index in [4.69, 9.17) is 5.73 Å². The van der Waals surface area contributed by atoms with E-state index in [1.807, 2.05) is 20.8 Å². The highest BCUT2D eigenvalue weighted by molar-refractivity contribution is 5.85. The summed E-state index contributed by atoms with van der Waals surface area (Å²) in [6.45, 7) is 6.39. The molecule has 5 heteroatoms. The van der Waals surface area contributed by atoms with Crippen LogP contribution in [-0.2, 0) is 4.79 Å². The van der Waals surface area contributed by atoms with Gasteiger partial charge in [-0.15, -0.1) is 12.4 Å². The molecule has 1 amide bonds. The average molecular weight is 253 g/mol. The fourth-order valence-electron chi connectivity index (χ4n) is 1.20. The minimum atomic E-state index is -0.436. The molecule has 0 aliphatic heterocycles. The standard InChI is InChI=1S/C11H24N2O2.ClH/c1-4-8(3)10(12)11(15)13-7-6-9(14)5-2;/h8-10,14H,4-7,12H2,1-3H3,(H,13,15);1H. The lowest BCUT2D eigenvalue weighted by molar-refractivity contribution is -0.123. The molecule has 0 rings (SSSR count). The Morgan fingerprint density at radius 3 is 2.38 bits per heavy atom. The second-order valence-electron chi connectivity index (χ2n) is 4.05. The Kier molecular flexibility index (Phi) is 11.1. The number of nitrogens with one attached hydrogen (secondary N) is 1. The molecular formula is C11H25ClN2O2. The van der Waals surface area contributed by atoms with E-state index in [9.17, 15) is 9.90 Å². The summed E-state index contributed by atoms with van der Waals surface area (Å²) in [6, 6.07) is -0.436. The molecule has 0 bridgehead atoms. The van der Waals surface area contributed by atoms with E-state index >= 15 is 0 Å². The zero-order chi connectivity index (χ0) is 11.8. The number of carbonyl (C=O) groups is 1. The van der Waals surface area contributed by atoms with Gasteiger partial charge in [0.25, 0.3) is 0 Å². The summed E-state index contributed by atoms with van der Waals surface area (Å²) < 4.78 is 0. The average Bonchev–Trinajstić information content (AvgIpc) is 2.26. The van der Waals surface area contributed by atoms with Crippen LogP contribution in [0.4, 0.5) is 0 Å². The predicted molar refractivity (Wildman–Crippen MR) is 68.6 cm³/mol. The molecule has 0 aliphatic rings. The zero-order valence-corrected chi connectivity index (χ0v) is 11.2. The van der Waals surface area contributed by atoms with Crippen LogP contribution in [0.3, 0.4) is 0 Å². The van der Waals surface area contributed by atoms with E-state index in [1.54, 1.807) is 0 Å². The minimum absolute atomic E-state index is 0. The van der Waals surface area contributed by atoms with Gasteiger partial charge in [0.2, 0.25) is 5.91 Å². The monoisotopic (exact) mass is 252 g/mol. The topological polar surface area (TPSA) is 75.3 Å². The quantitative estimate of drug-likeness (QED) is 0.634. The van der Waals surface area contributed by atoms with Crippen molar-refractivity contribution in [2.45, 2.75) is 52.2 Å². The maximum absolute atomic E-state index is 11.5. The van der Waals surface area contributed by atoms with Crippen molar-refractivity contribution in [3.8, 4) is 0 Å². The summed E-state index contributed by atoms with van der Waals surface area (Å²) in [5.74, 6) is 0.0775. The second kappa shape index (κ2) is 9.87. The van der Waals surface area contributed by atoms with Crippen molar-refractivity contribution >= 4 is 18.3 Å². The van der Waals surface area contributed by atoms with E-state index in [0.717, 1.165) is 6.42 Å². The van der Waals surface area contributed by atoms with Crippen molar-refractivity contribution < 1.29 is 9.90 Å². The van der Waals surface area contributed by atoms with Gasteiger partial charge in [-0.2, -0.15) is 0 Å². The number of halogens is 1. The van der Waals surface area contributed by atoms with Gasteiger partial charge in [-0.3, -0.25) is 4.79 Å². The molecule has 0 saturated carbocycles. The summed E-state index contributed by atoms with van der Waals surface area (Å²) in [7, 11) is 0. The normalized spacial score (nSPS) is 15.8. The summed E-state index contributed by atoms with van der Waals surface area (Å²) in [4.78, 5) is 11.5. The van der Waals surface area contributed by atoms with Crippen molar-refractivity contribution in [1.29, 1.82) is 0 Å². The SMILES string of the molecule is CCC(O)CCNC(=O)C(N)C(C)CC.Cl. The smallest absolute Gasteiger partial charge is 0.237 e. The van der Waals surface area contributed by atoms with Crippen LogP contribution in [0.1, 0.15) is 40.0 Å². The Hall–Kier alpha value is -0.320. The number of amides is 1. The molecule has 3 unspecified atom stereocenters. The maximum atomic E-state index is 11.5. The summed E-state index contributed by atoms with van der Waals surface area (Å²) in [6.07, 6.45) is 1.87. The first-order valence-electron chi connectivity index (χ1n) is 5.74. The van der Waals surface area contributed by atoms with Gasteiger partial charge in [0.15, 0.2) is 0 Å². The summed E-state index contributed by atoms with van der Waals surface area (Å²) in [5.41, 5.74) is 5.75. The van der Waals surface area contributed by atoms with Crippen LogP contribution in [0.5, 0.6) is 0 Å². The molecule has 0 aliphatic carbocycles. The molecule has 0 aromatic carbocycles. The van der Waals surface area contributed by atoms with Crippen LogP contribution in [0.25, 0.3) is 0 Å². The third-order valence-corrected chi connectivity index (χ3v) is 2.81. The molecule has 3 atom stereocenters. The van der Waals surface area contributed by atoms with Crippen molar-refractivity contribution in [2.75, 3.05) is 6.54 Å². The Morgan fingerprint density at radius 1 is 1.38 bits per heavy atom. The lowest BCUT2D eigenvalue weighted by atomic mass is 9.99. The molecule has 0 fully saturated rings. The molecule has 0 spiro atoms. The van der Waals surface area contributed by atoms with Crippen LogP contribution >= 0.6 is 12.4 Å². The first kappa shape index (κ1) is 18.1. The molecule has 0 aromatic heterocycles. The van der Waals surface area contributed by atoms with E-state index in [-0.39, 0.29) is 30.3 Å². The van der Waals surface area contributed by atoms with Crippen LogP contribution in [0.2, 0.25) is 0 Å². The Bertz CT molecular complexity index is 191. The van der Waals surface area contributed by atoms with Crippen LogP contribution in [0, 0.1) is 5.92 Å². The van der Waals surface area contributed by atoms with Gasteiger partial charge in [0, 0.05) is 6.54 Å². The highest BCUT2D eigenvalue weighted by Crippen LogP contribution is 2.05. The Balaban J connectivity index is 0. The van der Waals surface area contributed by atoms with E-state index in [2.05, 4.69) is 5.32 Å². The third-order valence-electron chi connectivity index (χ3n) is 2.81. The van der Waals surface area contributed by atoms with Crippen LogP contribution < -0.4 is 11.1 Å². The number of hydrogen-bond donors (Lipinski definition) is 3. The number of nitrogens with two attached hydrogens (primary N) is 1. The Labute approximate surface area is 104 Å². The maximum Gasteiger partial charge on any atom is 0.237 e. The molecule has 4 N–H and O–H groups in total. The third kappa shape index (κ3) is 7.04. The van der Waals surface area contributed by atoms with Gasteiger partial charge in [-0.25, -0.2) is 0 Å². The fourth-order valence-corrected chi connectivity index (χ4v) is 1.20. The molecule has 4 nitrogen and oxygen atoms in total. The van der Waals surface area contributed by atoms with Gasteiger partial charge in [-0.05, 0) is 18.8 Å². The van der Waals surface area contributed by atoms with Crippen molar-refractivity contribution in [3.63, 3.8) is 0 Å². The minimum Gasteiger partial charge on any atom is -0.393 e. The van der Waals surface area contributed by atoms with Gasteiger partial charge >= 0.3 is 0 Å². The van der Waals surface area contributed by atoms with Gasteiger partial charge < -0.3 is 16.2 Å². The number of aliphatic hydroxyl groups is 1. The van der Waals surface area contributed by atoms with Crippen molar-refractivity contribution in [1.82, 2.24) is 5.32 Å². The van der Waals surface area contributed by atoms with Gasteiger partial charge in [-0.1, -0.05) is 27.2 Å². The van der Waals surface area contributed by atoms with E-state index in [1.165, 1.54) is 0 Å². The highest BCUT2D eigenvalue weighted by atomic mass is 35.5. The lowest BCUT2D eigenvalue weighted by Crippen LogP contribution is -2.45. The zero-order valence-electron chi connectivity index (χ0n) is 10.4. The molecule has 98 valence electrons. The number of aliphatic hydroxyl groups excluding tert-OH is 1. The van der Waals surface area contributed by atoms with E-state index in [0.29, 0.717) is 19.4 Å². The van der Waals surface area contributed by atoms with Crippen LogP contribution in [-0.4, -0.2) is 29.7 Å². The number of hydrogen-bond acceptors (Lipinski definition) is 3. The molecule has 0 aromatic rings. The molecule has 0 radical (unpaired) electrons. The van der Waals surface area contributed by atoms with Gasteiger partial charge in [0.1, 0.15) is 0 Å². The molecule has 0 heterocycles. The number of carbonyl (C=O) groups excluding carboxylic acids is 1. The summed E-state index contributed by atoms with van der Waals surface area (Å²) in [5, 5.41) is 12.0. The van der Waals surface area contributed by atoms with Crippen molar-refractivity contribution in [2.24, 2.45) is 11.7 Å². The van der Waals surface area contributed by atoms with E-state index < -0.39 is 6.04 Å². The summed E-state index contributed by atoms with van der Waals surface area (Å²) >= 11 is 0. The van der Waals surface area contributed by atoms with Gasteiger partial charge in [0.05, 0.1) is 12.1 Å². The second-order valence-corrected chi connectivity index (χ2v) is 4.05. The lowest BCUT2D eigenvalue weighted by Gasteiger charge is -2.18.